The van der Waals surface area contributed by atoms with Gasteiger partial charge in [-0.25, -0.2) is 23.4 Å². The molecule has 2 atom stereocenters. The Morgan fingerprint density at radius 1 is 1.24 bits per heavy atom. The first kappa shape index (κ1) is 34.7. The summed E-state index contributed by atoms with van der Waals surface area (Å²) in [5.74, 6) is -2.75. The fourth-order valence-electron chi connectivity index (χ4n) is 6.82. The van der Waals surface area contributed by atoms with Crippen LogP contribution in [0.25, 0.3) is 5.65 Å². The highest BCUT2D eigenvalue weighted by atomic mass is 35.5. The van der Waals surface area contributed by atoms with Crippen LogP contribution in [0.5, 0.6) is 0 Å². The van der Waals surface area contributed by atoms with Gasteiger partial charge in [0.25, 0.3) is 0 Å². The molecule has 3 aromatic heterocycles. The number of thioether (sulfide) groups is 1. The molecule has 18 heteroatoms. The monoisotopic (exact) mass is 754 g/mol. The van der Waals surface area contributed by atoms with Gasteiger partial charge in [0.1, 0.15) is 47.2 Å². The molecule has 0 aliphatic carbocycles. The number of Topliss-reactive ketones (excluding diaryl/α,β-unsaturated/α-hetero) is 1. The average molecular weight is 755 g/mol. The molecule has 14 nitrogen and oxygen atoms in total. The number of nitrogen functional groups attached to an aromatic ring is 1. The van der Waals surface area contributed by atoms with Crippen LogP contribution in [-0.4, -0.2) is 89.6 Å². The van der Waals surface area contributed by atoms with Crippen molar-refractivity contribution in [2.24, 2.45) is 11.1 Å². The number of aromatic nitrogens is 4. The van der Waals surface area contributed by atoms with Gasteiger partial charge in [0.2, 0.25) is 5.91 Å². The maximum absolute atomic E-state index is 15.3. The molecule has 0 bridgehead atoms. The van der Waals surface area contributed by atoms with Crippen LogP contribution in [0.4, 0.5) is 9.52 Å². The van der Waals surface area contributed by atoms with Gasteiger partial charge in [0, 0.05) is 36.4 Å². The van der Waals surface area contributed by atoms with Crippen LogP contribution in [0.15, 0.2) is 59.3 Å². The lowest BCUT2D eigenvalue weighted by molar-refractivity contribution is -0.662. The Hall–Kier alpha value is -4.74. The Kier molecular flexibility index (Phi) is 9.60. The SMILES string of the molecule is CO/N=C(\C(=O)C[C@@H]1C(=O)N2C(C(=O)O)=C(Cn3ccc4n3cc[n+]4Cc3ccc(C(=N)N4CCCCC4)cc3F)CS[C@H]12)c1nc(N)sc1Cl. The average Bonchev–Trinajstić information content (AvgIpc) is 3.81. The van der Waals surface area contributed by atoms with E-state index in [0.29, 0.717) is 28.3 Å². The topological polar surface area (TPSA) is 175 Å². The van der Waals surface area contributed by atoms with Crippen LogP contribution in [-0.2, 0) is 32.3 Å². The van der Waals surface area contributed by atoms with Crippen LogP contribution in [0.2, 0.25) is 4.34 Å². The molecule has 0 unspecified atom stereocenters. The highest BCUT2D eigenvalue weighted by Gasteiger charge is 2.54. The first-order valence-corrected chi connectivity index (χ1v) is 18.4. The number of carboxylic acids is 1. The third kappa shape index (κ3) is 6.49. The number of amides is 1. The van der Waals surface area contributed by atoms with Gasteiger partial charge in [-0.05, 0) is 30.9 Å². The van der Waals surface area contributed by atoms with Crippen molar-refractivity contribution in [3.8, 4) is 0 Å². The van der Waals surface area contributed by atoms with Gasteiger partial charge in [0.05, 0.1) is 30.1 Å². The Morgan fingerprint density at radius 2 is 2.02 bits per heavy atom. The fourth-order valence-corrected chi connectivity index (χ4v) is 9.15. The molecule has 1 amide bonds. The van der Waals surface area contributed by atoms with E-state index in [-0.39, 0.29) is 51.9 Å². The number of nitrogens with two attached hydrogens (primary N) is 1. The Balaban J connectivity index is 1.06. The summed E-state index contributed by atoms with van der Waals surface area (Å²) in [4.78, 5) is 51.4. The summed E-state index contributed by atoms with van der Waals surface area (Å²) in [5, 5.41) is 22.2. The summed E-state index contributed by atoms with van der Waals surface area (Å²) in [5.41, 5.74) is 7.86. The van der Waals surface area contributed by atoms with Crippen LogP contribution < -0.4 is 10.3 Å². The number of thiazole rings is 1. The third-order valence-electron chi connectivity index (χ3n) is 9.32. The smallest absolute Gasteiger partial charge is 0.352 e. The van der Waals surface area contributed by atoms with E-state index >= 15 is 4.39 Å². The molecule has 6 heterocycles. The molecule has 0 saturated carbocycles. The van der Waals surface area contributed by atoms with Crippen molar-refractivity contribution in [3.63, 3.8) is 0 Å². The normalized spacial score (nSPS) is 19.4. The number of imidazole rings is 1. The molecule has 0 spiro atoms. The predicted molar refractivity (Wildman–Crippen MR) is 189 cm³/mol. The number of hydrogen-bond acceptors (Lipinski definition) is 10. The number of rotatable bonds is 11. The van der Waals surface area contributed by atoms with Gasteiger partial charge < -0.3 is 20.6 Å². The first-order valence-electron chi connectivity index (χ1n) is 16.2. The van der Waals surface area contributed by atoms with Crippen molar-refractivity contribution < 1.29 is 33.3 Å². The van der Waals surface area contributed by atoms with Gasteiger partial charge in [-0.1, -0.05) is 40.2 Å². The number of β-lactam (4-membered cyclic amide) rings is 1. The minimum Gasteiger partial charge on any atom is -0.477 e. The zero-order valence-corrected chi connectivity index (χ0v) is 29.8. The number of carbonyl (C=O) groups is 3. The van der Waals surface area contributed by atoms with Crippen LogP contribution >= 0.6 is 34.7 Å². The number of aliphatic carboxylic acids is 1. The molecule has 0 radical (unpaired) electrons. The number of ketones is 1. The number of piperidine rings is 1. The van der Waals surface area contributed by atoms with E-state index in [1.54, 1.807) is 18.3 Å². The van der Waals surface area contributed by atoms with Crippen molar-refractivity contribution in [1.29, 1.82) is 5.41 Å². The van der Waals surface area contributed by atoms with E-state index in [9.17, 15) is 19.5 Å². The number of halogens is 2. The molecular weight excluding hydrogens is 721 g/mol. The molecule has 4 N–H and O–H groups in total. The van der Waals surface area contributed by atoms with E-state index in [4.69, 9.17) is 27.6 Å². The van der Waals surface area contributed by atoms with Crippen LogP contribution in [0, 0.1) is 17.1 Å². The largest absolute Gasteiger partial charge is 0.477 e. The number of oxime groups is 1. The summed E-state index contributed by atoms with van der Waals surface area (Å²) < 4.78 is 21.0. The number of carbonyl (C=O) groups excluding carboxylic acids is 2. The molecule has 2 saturated heterocycles. The Bertz CT molecular complexity index is 2140. The van der Waals surface area contributed by atoms with Crippen LogP contribution in [0.3, 0.4) is 0 Å². The van der Waals surface area contributed by atoms with E-state index in [1.807, 2.05) is 37.1 Å². The number of hydrogen-bond donors (Lipinski definition) is 3. The van der Waals surface area contributed by atoms with E-state index < -0.39 is 29.0 Å². The number of nitrogens with zero attached hydrogens (tertiary/aromatic N) is 7. The van der Waals surface area contributed by atoms with Gasteiger partial charge in [-0.2, -0.15) is 0 Å². The van der Waals surface area contributed by atoms with E-state index in [2.05, 4.69) is 10.1 Å². The second-order valence-electron chi connectivity index (χ2n) is 12.4. The molecule has 4 aromatic rings. The number of fused-ring (bicyclic) bond motifs is 2. The lowest BCUT2D eigenvalue weighted by atomic mass is 9.89. The van der Waals surface area contributed by atoms with Gasteiger partial charge >= 0.3 is 11.6 Å². The number of nitrogens with one attached hydrogen (secondary N) is 1. The number of carboxylic acid groups (broad SMARTS) is 1. The van der Waals surface area contributed by atoms with Crippen molar-refractivity contribution in [1.82, 2.24) is 24.0 Å². The Labute approximate surface area is 304 Å². The van der Waals surface area contributed by atoms with Crippen molar-refractivity contribution in [2.75, 3.05) is 31.7 Å². The predicted octanol–water partition coefficient (Wildman–Crippen LogP) is 3.60. The van der Waals surface area contributed by atoms with Gasteiger partial charge in [-0.15, -0.1) is 16.3 Å². The lowest BCUT2D eigenvalue weighted by Gasteiger charge is -2.49. The Morgan fingerprint density at radius 3 is 2.71 bits per heavy atom. The molecule has 51 heavy (non-hydrogen) atoms. The van der Waals surface area contributed by atoms with Crippen molar-refractivity contribution in [2.45, 2.75) is 44.1 Å². The zero-order chi connectivity index (χ0) is 36.0. The maximum atomic E-state index is 15.3. The third-order valence-corrected chi connectivity index (χ3v) is 11.8. The lowest BCUT2D eigenvalue weighted by Crippen LogP contribution is -2.62. The fraction of sp³-hybridized carbons (Fsp3) is 0.364. The summed E-state index contributed by atoms with van der Waals surface area (Å²) >= 11 is 8.56. The first-order chi connectivity index (χ1) is 24.5. The van der Waals surface area contributed by atoms with Gasteiger partial charge in [-0.3, -0.25) is 19.9 Å². The molecule has 3 aliphatic heterocycles. The van der Waals surface area contributed by atoms with Gasteiger partial charge in [0.15, 0.2) is 22.8 Å². The standard InChI is InChI=1S/C33H33ClFN9O5S2/c1-49-39-25(26-28(34)51-33(37)38-26)23(45)14-21-30(46)44-27(32(47)48)20(17-50-31(21)44)16-42-10-7-24-41(11-12-43(24)42)15-19-6-5-18(13-22(19)35)29(36)40-8-3-2-4-9-40/h5-7,10-13,21,31,36H,2-4,8-9,14-17H2,1H3,(H2-,37,38,47,48)/p+1/b36-29?,39-25+/t21-,31-/m1/s1. The van der Waals surface area contributed by atoms with Crippen molar-refractivity contribution >= 4 is 74.7 Å². The summed E-state index contributed by atoms with van der Waals surface area (Å²) in [6.45, 7) is 2.06. The second-order valence-corrected chi connectivity index (χ2v) is 15.2. The number of amidine groups is 1. The molecule has 266 valence electrons. The number of anilines is 1. The number of benzene rings is 1. The summed E-state index contributed by atoms with van der Waals surface area (Å²) in [6, 6.07) is 6.79. The minimum atomic E-state index is -1.24. The minimum absolute atomic E-state index is 0.0661. The molecule has 1 aromatic carbocycles. The second kappa shape index (κ2) is 14.1. The van der Waals surface area contributed by atoms with E-state index in [1.165, 1.54) is 29.8 Å². The molecular formula is C33H34ClFN9O5S2+. The highest BCUT2D eigenvalue weighted by Crippen LogP contribution is 2.45. The number of likely N-dealkylation sites (tertiary alicyclic amines) is 1. The summed E-state index contributed by atoms with van der Waals surface area (Å²) in [7, 11) is 1.27. The molecule has 7 rings (SSSR count). The summed E-state index contributed by atoms with van der Waals surface area (Å²) in [6.07, 6.45) is 8.42. The molecule has 3 aliphatic rings. The molecule has 2 fully saturated rings. The maximum Gasteiger partial charge on any atom is 0.352 e. The van der Waals surface area contributed by atoms with Crippen LogP contribution in [0.1, 0.15) is 42.5 Å². The quantitative estimate of drug-likeness (QED) is 0.0680. The van der Waals surface area contributed by atoms with Crippen molar-refractivity contribution in [3.05, 3.63) is 81.1 Å². The van der Waals surface area contributed by atoms with E-state index in [0.717, 1.165) is 49.3 Å². The highest BCUT2D eigenvalue weighted by molar-refractivity contribution is 8.00. The zero-order valence-electron chi connectivity index (χ0n) is 27.4.